The maximum atomic E-state index is 12.6. The number of piperidine rings is 1. The number of nitrogens with zero attached hydrogens (tertiary/aromatic N) is 4. The number of likely N-dealkylation sites (tertiary alicyclic amines) is 1. The van der Waals surface area contributed by atoms with Gasteiger partial charge in [-0.25, -0.2) is 4.98 Å². The number of rotatable bonds is 2. The molecule has 120 valence electrons. The molecule has 2 saturated heterocycles. The van der Waals surface area contributed by atoms with E-state index in [-0.39, 0.29) is 11.5 Å². The highest BCUT2D eigenvalue weighted by Gasteiger charge is 2.45. The standard InChI is InChI=1S/C17H20N4O2/c22-16(15-4-1-2-6-19-15)20-8-3-5-17(12-20)10-14(11-23-17)21-9-7-18-13-21/h1-2,4,6-7,9,13-14H,3,5,8,10-12H2/t14-,17-/m0/s1. The zero-order valence-corrected chi connectivity index (χ0v) is 13.0. The van der Waals surface area contributed by atoms with E-state index < -0.39 is 0 Å². The molecule has 2 fully saturated rings. The smallest absolute Gasteiger partial charge is 0.272 e. The molecule has 1 amide bonds. The van der Waals surface area contributed by atoms with Crippen molar-refractivity contribution in [1.82, 2.24) is 19.4 Å². The Morgan fingerprint density at radius 1 is 1.35 bits per heavy atom. The minimum atomic E-state index is -0.225. The SMILES string of the molecule is O=C(c1ccccn1)N1CCC[C@]2(C[C@H](n3ccnc3)CO2)C1. The van der Waals surface area contributed by atoms with Crippen molar-refractivity contribution in [2.45, 2.75) is 30.9 Å². The van der Waals surface area contributed by atoms with Gasteiger partial charge in [-0.1, -0.05) is 6.07 Å². The van der Waals surface area contributed by atoms with Crippen LogP contribution in [0.1, 0.15) is 35.8 Å². The summed E-state index contributed by atoms with van der Waals surface area (Å²) in [4.78, 5) is 22.8. The number of carbonyl (C=O) groups excluding carboxylic acids is 1. The molecule has 2 atom stereocenters. The Balaban J connectivity index is 1.48. The highest BCUT2D eigenvalue weighted by atomic mass is 16.5. The number of aromatic nitrogens is 3. The molecule has 0 bridgehead atoms. The van der Waals surface area contributed by atoms with E-state index in [9.17, 15) is 4.79 Å². The maximum Gasteiger partial charge on any atom is 0.272 e. The van der Waals surface area contributed by atoms with Crippen molar-refractivity contribution in [1.29, 1.82) is 0 Å². The monoisotopic (exact) mass is 312 g/mol. The van der Waals surface area contributed by atoms with Gasteiger partial charge in [0.05, 0.1) is 31.1 Å². The van der Waals surface area contributed by atoms with Crippen LogP contribution < -0.4 is 0 Å². The van der Waals surface area contributed by atoms with E-state index in [0.717, 1.165) is 25.8 Å². The first-order valence-corrected chi connectivity index (χ1v) is 8.07. The number of imidazole rings is 1. The van der Waals surface area contributed by atoms with Crippen LogP contribution in [-0.4, -0.2) is 50.6 Å². The summed E-state index contributed by atoms with van der Waals surface area (Å²) in [6, 6.07) is 5.75. The lowest BCUT2D eigenvalue weighted by atomic mass is 9.88. The summed E-state index contributed by atoms with van der Waals surface area (Å²) in [7, 11) is 0. The lowest BCUT2D eigenvalue weighted by molar-refractivity contribution is -0.0450. The fraction of sp³-hybridized carbons (Fsp3) is 0.471. The molecule has 4 rings (SSSR count). The van der Waals surface area contributed by atoms with E-state index in [4.69, 9.17) is 4.74 Å². The maximum absolute atomic E-state index is 12.6. The fourth-order valence-corrected chi connectivity index (χ4v) is 3.70. The van der Waals surface area contributed by atoms with Crippen LogP contribution in [0.15, 0.2) is 43.1 Å². The molecule has 2 aromatic heterocycles. The number of carbonyl (C=O) groups is 1. The van der Waals surface area contributed by atoms with Crippen molar-refractivity contribution in [3.8, 4) is 0 Å². The third-order valence-corrected chi connectivity index (χ3v) is 4.85. The van der Waals surface area contributed by atoms with Crippen LogP contribution in [0, 0.1) is 0 Å². The first-order chi connectivity index (χ1) is 11.3. The molecular formula is C17H20N4O2. The van der Waals surface area contributed by atoms with Crippen LogP contribution in [0.25, 0.3) is 0 Å². The van der Waals surface area contributed by atoms with E-state index >= 15 is 0 Å². The zero-order chi connectivity index (χ0) is 15.7. The molecule has 6 nitrogen and oxygen atoms in total. The van der Waals surface area contributed by atoms with Gasteiger partial charge in [0.1, 0.15) is 5.69 Å². The predicted octanol–water partition coefficient (Wildman–Crippen LogP) is 1.91. The topological polar surface area (TPSA) is 60.2 Å². The first-order valence-electron chi connectivity index (χ1n) is 8.07. The molecule has 4 heterocycles. The molecule has 2 aliphatic rings. The Morgan fingerprint density at radius 2 is 2.30 bits per heavy atom. The van der Waals surface area contributed by atoms with Crippen LogP contribution in [0.4, 0.5) is 0 Å². The highest BCUT2D eigenvalue weighted by Crippen LogP contribution is 2.39. The van der Waals surface area contributed by atoms with Crippen LogP contribution in [0.5, 0.6) is 0 Å². The lowest BCUT2D eigenvalue weighted by Crippen LogP contribution is -2.50. The van der Waals surface area contributed by atoms with Crippen molar-refractivity contribution in [3.05, 3.63) is 48.8 Å². The number of hydrogen-bond acceptors (Lipinski definition) is 4. The number of pyridine rings is 1. The second kappa shape index (κ2) is 5.77. The molecule has 1 spiro atoms. The Bertz CT molecular complexity index is 673. The Labute approximate surface area is 135 Å². The van der Waals surface area contributed by atoms with Gasteiger partial charge in [0.15, 0.2) is 0 Å². The van der Waals surface area contributed by atoms with Crippen molar-refractivity contribution < 1.29 is 9.53 Å². The van der Waals surface area contributed by atoms with Gasteiger partial charge in [0.2, 0.25) is 0 Å². The lowest BCUT2D eigenvalue weighted by Gasteiger charge is -2.39. The molecule has 0 saturated carbocycles. The van der Waals surface area contributed by atoms with Crippen LogP contribution >= 0.6 is 0 Å². The summed E-state index contributed by atoms with van der Waals surface area (Å²) in [6.07, 6.45) is 10.2. The highest BCUT2D eigenvalue weighted by molar-refractivity contribution is 5.92. The summed E-state index contributed by atoms with van der Waals surface area (Å²) in [5.74, 6) is -0.000596. The molecule has 0 unspecified atom stereocenters. The summed E-state index contributed by atoms with van der Waals surface area (Å²) in [5.41, 5.74) is 0.283. The number of amides is 1. The molecule has 2 aliphatic heterocycles. The van der Waals surface area contributed by atoms with Crippen molar-refractivity contribution in [2.75, 3.05) is 19.7 Å². The number of ether oxygens (including phenoxy) is 1. The largest absolute Gasteiger partial charge is 0.371 e. The minimum absolute atomic E-state index is 0.000596. The third-order valence-electron chi connectivity index (χ3n) is 4.85. The summed E-state index contributed by atoms with van der Waals surface area (Å²) >= 11 is 0. The van der Waals surface area contributed by atoms with Gasteiger partial charge in [-0.2, -0.15) is 0 Å². The Morgan fingerprint density at radius 3 is 3.09 bits per heavy atom. The molecule has 23 heavy (non-hydrogen) atoms. The van der Waals surface area contributed by atoms with E-state index in [1.807, 2.05) is 29.6 Å². The van der Waals surface area contributed by atoms with Gasteiger partial charge in [0, 0.05) is 31.6 Å². The molecule has 6 heteroatoms. The molecule has 0 aromatic carbocycles. The third kappa shape index (κ3) is 2.74. The van der Waals surface area contributed by atoms with E-state index in [2.05, 4.69) is 14.5 Å². The van der Waals surface area contributed by atoms with Gasteiger partial charge in [-0.05, 0) is 25.0 Å². The van der Waals surface area contributed by atoms with E-state index in [1.165, 1.54) is 0 Å². The van der Waals surface area contributed by atoms with Crippen LogP contribution in [0.3, 0.4) is 0 Å². The van der Waals surface area contributed by atoms with Crippen LogP contribution in [0.2, 0.25) is 0 Å². The molecule has 0 aliphatic carbocycles. The normalized spacial score (nSPS) is 27.5. The van der Waals surface area contributed by atoms with Crippen molar-refractivity contribution in [3.63, 3.8) is 0 Å². The zero-order valence-electron chi connectivity index (χ0n) is 13.0. The summed E-state index contributed by atoms with van der Waals surface area (Å²) < 4.78 is 8.28. The van der Waals surface area contributed by atoms with Gasteiger partial charge in [-0.3, -0.25) is 9.78 Å². The average Bonchev–Trinajstić information content (AvgIpc) is 3.25. The summed E-state index contributed by atoms with van der Waals surface area (Å²) in [6.45, 7) is 2.10. The van der Waals surface area contributed by atoms with Gasteiger partial charge >= 0.3 is 0 Å². The summed E-state index contributed by atoms with van der Waals surface area (Å²) in [5, 5.41) is 0. The van der Waals surface area contributed by atoms with Crippen molar-refractivity contribution >= 4 is 5.91 Å². The first kappa shape index (κ1) is 14.4. The Hall–Kier alpha value is -2.21. The second-order valence-corrected chi connectivity index (χ2v) is 6.41. The number of hydrogen-bond donors (Lipinski definition) is 0. The molecule has 2 aromatic rings. The molecule has 0 N–H and O–H groups in total. The molecular weight excluding hydrogens is 292 g/mol. The van der Waals surface area contributed by atoms with Gasteiger partial charge in [0.25, 0.3) is 5.91 Å². The van der Waals surface area contributed by atoms with Gasteiger partial charge < -0.3 is 14.2 Å². The van der Waals surface area contributed by atoms with Gasteiger partial charge in [-0.15, -0.1) is 0 Å². The second-order valence-electron chi connectivity index (χ2n) is 6.41. The molecule has 0 radical (unpaired) electrons. The fourth-order valence-electron chi connectivity index (χ4n) is 3.70. The minimum Gasteiger partial charge on any atom is -0.371 e. The average molecular weight is 312 g/mol. The van der Waals surface area contributed by atoms with Crippen molar-refractivity contribution in [2.24, 2.45) is 0 Å². The Kier molecular flexibility index (Phi) is 3.61. The van der Waals surface area contributed by atoms with Crippen LogP contribution in [-0.2, 0) is 4.74 Å². The van der Waals surface area contributed by atoms with E-state index in [1.54, 1.807) is 18.5 Å². The quantitative estimate of drug-likeness (QED) is 0.850. The van der Waals surface area contributed by atoms with E-state index in [0.29, 0.717) is 24.9 Å². The predicted molar refractivity (Wildman–Crippen MR) is 83.9 cm³/mol.